The van der Waals surface area contributed by atoms with Gasteiger partial charge in [0.1, 0.15) is 0 Å². The minimum Gasteiger partial charge on any atom is -0.341 e. The second-order valence-electron chi connectivity index (χ2n) is 8.89. The van der Waals surface area contributed by atoms with Crippen LogP contribution in [-0.4, -0.2) is 93.5 Å². The van der Waals surface area contributed by atoms with Crippen LogP contribution in [0.3, 0.4) is 0 Å². The normalized spacial score (nSPS) is 22.7. The smallest absolute Gasteiger partial charge is 0.231 e. The van der Waals surface area contributed by atoms with Crippen LogP contribution < -0.4 is 30.7 Å². The number of anilines is 3. The Labute approximate surface area is 181 Å². The van der Waals surface area contributed by atoms with Gasteiger partial charge < -0.3 is 30.7 Å². The van der Waals surface area contributed by atoms with Crippen molar-refractivity contribution < 1.29 is 0 Å². The maximum Gasteiger partial charge on any atom is 0.231 e. The molecule has 3 aliphatic rings. The molecule has 30 heavy (non-hydrogen) atoms. The highest BCUT2D eigenvalue weighted by atomic mass is 15.4. The van der Waals surface area contributed by atoms with Gasteiger partial charge in [-0.05, 0) is 59.7 Å². The molecule has 4 rings (SSSR count). The molecular weight excluding hydrogens is 378 g/mol. The summed E-state index contributed by atoms with van der Waals surface area (Å²) < 4.78 is 0. The number of piperidine rings is 3. The van der Waals surface area contributed by atoms with E-state index in [2.05, 4.69) is 51.8 Å². The first-order valence-corrected chi connectivity index (χ1v) is 11.7. The average molecular weight is 418 g/mol. The molecule has 0 amide bonds. The van der Waals surface area contributed by atoms with Crippen LogP contribution in [0, 0.1) is 0 Å². The summed E-state index contributed by atoms with van der Waals surface area (Å²) in [5.74, 6) is 2.57. The third-order valence-corrected chi connectivity index (χ3v) is 7.16. The zero-order valence-electron chi connectivity index (χ0n) is 18.9. The molecule has 0 atom stereocenters. The summed E-state index contributed by atoms with van der Waals surface area (Å²) in [6.07, 6.45) is 6.80. The van der Waals surface area contributed by atoms with E-state index in [1.165, 1.54) is 0 Å². The Morgan fingerprint density at radius 2 is 0.733 bits per heavy atom. The fourth-order valence-electron chi connectivity index (χ4n) is 4.87. The number of hydrogen-bond donors (Lipinski definition) is 3. The summed E-state index contributed by atoms with van der Waals surface area (Å²) in [7, 11) is 6.18. The second kappa shape index (κ2) is 10.1. The molecule has 3 fully saturated rings. The summed E-state index contributed by atoms with van der Waals surface area (Å²) in [5, 5.41) is 10.2. The molecule has 0 spiro atoms. The van der Waals surface area contributed by atoms with Gasteiger partial charge in [0.2, 0.25) is 17.8 Å². The molecule has 9 heteroatoms. The SMILES string of the molecule is CNC1CCN(c2nc(N3CCC(NC)CC3)nc(N3CCC(NC)CC3)n2)CC1. The van der Waals surface area contributed by atoms with Gasteiger partial charge >= 0.3 is 0 Å². The van der Waals surface area contributed by atoms with Crippen molar-refractivity contribution in [1.82, 2.24) is 30.9 Å². The molecule has 0 radical (unpaired) electrons. The molecule has 1 aromatic rings. The van der Waals surface area contributed by atoms with Crippen molar-refractivity contribution in [2.45, 2.75) is 56.7 Å². The Balaban J connectivity index is 1.54. The Morgan fingerprint density at radius 1 is 0.500 bits per heavy atom. The Bertz CT molecular complexity index is 558. The lowest BCUT2D eigenvalue weighted by molar-refractivity contribution is 0.429. The van der Waals surface area contributed by atoms with E-state index in [0.29, 0.717) is 18.1 Å². The Morgan fingerprint density at radius 3 is 0.933 bits per heavy atom. The Kier molecular flexibility index (Phi) is 7.22. The lowest BCUT2D eigenvalue weighted by Crippen LogP contribution is -2.45. The molecule has 0 unspecified atom stereocenters. The number of nitrogens with zero attached hydrogens (tertiary/aromatic N) is 6. The van der Waals surface area contributed by atoms with Gasteiger partial charge in [0, 0.05) is 57.4 Å². The summed E-state index contributed by atoms with van der Waals surface area (Å²) in [6.45, 7) is 5.99. The predicted octanol–water partition coefficient (Wildman–Crippen LogP) is 0.436. The summed E-state index contributed by atoms with van der Waals surface area (Å²) in [5.41, 5.74) is 0. The van der Waals surface area contributed by atoms with Crippen LogP contribution in [0.15, 0.2) is 0 Å². The second-order valence-corrected chi connectivity index (χ2v) is 8.89. The van der Waals surface area contributed by atoms with Crippen LogP contribution in [-0.2, 0) is 0 Å². The van der Waals surface area contributed by atoms with Crippen LogP contribution in [0.1, 0.15) is 38.5 Å². The maximum absolute atomic E-state index is 4.96. The van der Waals surface area contributed by atoms with E-state index in [4.69, 9.17) is 15.0 Å². The molecule has 0 aliphatic carbocycles. The van der Waals surface area contributed by atoms with Gasteiger partial charge in [0.15, 0.2) is 0 Å². The quantitative estimate of drug-likeness (QED) is 0.610. The van der Waals surface area contributed by atoms with Crippen LogP contribution in [0.4, 0.5) is 17.8 Å². The minimum absolute atomic E-state index is 0.600. The molecule has 0 bridgehead atoms. The van der Waals surface area contributed by atoms with Gasteiger partial charge in [-0.1, -0.05) is 0 Å². The molecule has 4 heterocycles. The fraction of sp³-hybridized carbons (Fsp3) is 0.857. The van der Waals surface area contributed by atoms with Gasteiger partial charge in [-0.3, -0.25) is 0 Å². The fourth-order valence-corrected chi connectivity index (χ4v) is 4.87. The first-order valence-electron chi connectivity index (χ1n) is 11.7. The van der Waals surface area contributed by atoms with Crippen molar-refractivity contribution in [2.75, 3.05) is 75.1 Å². The number of aromatic nitrogens is 3. The van der Waals surface area contributed by atoms with Crippen LogP contribution >= 0.6 is 0 Å². The lowest BCUT2D eigenvalue weighted by atomic mass is 10.1. The van der Waals surface area contributed by atoms with Crippen molar-refractivity contribution in [3.63, 3.8) is 0 Å². The average Bonchev–Trinajstić information content (AvgIpc) is 2.84. The molecule has 3 saturated heterocycles. The van der Waals surface area contributed by atoms with E-state index in [9.17, 15) is 0 Å². The van der Waals surface area contributed by atoms with Gasteiger partial charge in [-0.2, -0.15) is 15.0 Å². The maximum atomic E-state index is 4.96. The number of hydrogen-bond acceptors (Lipinski definition) is 9. The summed E-state index contributed by atoms with van der Waals surface area (Å²) >= 11 is 0. The van der Waals surface area contributed by atoms with Crippen molar-refractivity contribution in [1.29, 1.82) is 0 Å². The molecule has 0 aromatic carbocycles. The van der Waals surface area contributed by atoms with E-state index in [-0.39, 0.29) is 0 Å². The van der Waals surface area contributed by atoms with Crippen LogP contribution in [0.25, 0.3) is 0 Å². The summed E-state index contributed by atoms with van der Waals surface area (Å²) in [4.78, 5) is 21.9. The molecular formula is C21H39N9. The van der Waals surface area contributed by atoms with Gasteiger partial charge in [-0.15, -0.1) is 0 Å². The number of rotatable bonds is 6. The molecule has 3 aliphatic heterocycles. The molecule has 3 N–H and O–H groups in total. The Hall–Kier alpha value is -1.71. The van der Waals surface area contributed by atoms with Crippen molar-refractivity contribution in [3.05, 3.63) is 0 Å². The van der Waals surface area contributed by atoms with E-state index < -0.39 is 0 Å². The van der Waals surface area contributed by atoms with Crippen molar-refractivity contribution in [3.8, 4) is 0 Å². The van der Waals surface area contributed by atoms with Gasteiger partial charge in [-0.25, -0.2) is 0 Å². The van der Waals surface area contributed by atoms with Gasteiger partial charge in [0.05, 0.1) is 0 Å². The van der Waals surface area contributed by atoms with Gasteiger partial charge in [0.25, 0.3) is 0 Å². The first-order chi connectivity index (χ1) is 14.7. The van der Waals surface area contributed by atoms with E-state index >= 15 is 0 Å². The number of nitrogens with one attached hydrogen (secondary N) is 3. The predicted molar refractivity (Wildman–Crippen MR) is 123 cm³/mol. The van der Waals surface area contributed by atoms with Crippen molar-refractivity contribution in [2.24, 2.45) is 0 Å². The molecule has 9 nitrogen and oxygen atoms in total. The lowest BCUT2D eigenvalue weighted by Gasteiger charge is -2.36. The van der Waals surface area contributed by atoms with Crippen molar-refractivity contribution >= 4 is 17.8 Å². The molecule has 0 saturated carbocycles. The highest BCUT2D eigenvalue weighted by molar-refractivity contribution is 5.47. The molecule has 168 valence electrons. The van der Waals surface area contributed by atoms with E-state index in [1.54, 1.807) is 0 Å². The zero-order valence-corrected chi connectivity index (χ0v) is 18.9. The third-order valence-electron chi connectivity index (χ3n) is 7.16. The van der Waals surface area contributed by atoms with E-state index in [1.807, 2.05) is 0 Å². The third kappa shape index (κ3) is 4.95. The summed E-state index contributed by atoms with van der Waals surface area (Å²) in [6, 6.07) is 1.80. The highest BCUT2D eigenvalue weighted by Gasteiger charge is 2.27. The van der Waals surface area contributed by atoms with Crippen LogP contribution in [0.5, 0.6) is 0 Å². The largest absolute Gasteiger partial charge is 0.341 e. The molecule has 1 aromatic heterocycles. The topological polar surface area (TPSA) is 84.5 Å². The standard InChI is InChI=1S/C21H39N9/c1-22-16-4-10-28(11-5-16)19-25-20(29-12-6-17(23-2)7-13-29)27-21(26-19)30-14-8-18(24-3)9-15-30/h16-18,22-24H,4-15H2,1-3H3. The zero-order chi connectivity index (χ0) is 20.9. The first kappa shape index (κ1) is 21.5. The minimum atomic E-state index is 0.600. The van der Waals surface area contributed by atoms with Crippen LogP contribution in [0.2, 0.25) is 0 Å². The highest BCUT2D eigenvalue weighted by Crippen LogP contribution is 2.25. The monoisotopic (exact) mass is 417 g/mol. The van der Waals surface area contributed by atoms with E-state index in [0.717, 1.165) is 95.6 Å².